The number of anilines is 1. The predicted molar refractivity (Wildman–Crippen MR) is 126 cm³/mol. The Morgan fingerprint density at radius 3 is 2.16 bits per heavy atom. The Morgan fingerprint density at radius 1 is 0.875 bits per heavy atom. The second kappa shape index (κ2) is 8.24. The van der Waals surface area contributed by atoms with Crippen molar-refractivity contribution in [2.75, 3.05) is 12.4 Å². The van der Waals surface area contributed by atoms with Crippen LogP contribution < -0.4 is 10.1 Å². The van der Waals surface area contributed by atoms with Crippen LogP contribution in [0.3, 0.4) is 0 Å². The molecule has 1 amide bonds. The molecule has 32 heavy (non-hydrogen) atoms. The minimum atomic E-state index is -0.280. The first-order valence-electron chi connectivity index (χ1n) is 9.89. The predicted octanol–water partition coefficient (Wildman–Crippen LogP) is 5.55. The van der Waals surface area contributed by atoms with Crippen LogP contribution in [0.15, 0.2) is 83.9 Å². The van der Waals surface area contributed by atoms with Gasteiger partial charge < -0.3 is 10.1 Å². The lowest BCUT2D eigenvalue weighted by atomic mass is 10.1. The van der Waals surface area contributed by atoms with Crippen molar-refractivity contribution in [2.24, 2.45) is 4.99 Å². The van der Waals surface area contributed by atoms with Crippen LogP contribution in [0.1, 0.15) is 5.56 Å². The molecular formula is C25H17ClN4O2. The van der Waals surface area contributed by atoms with Crippen molar-refractivity contribution in [3.63, 3.8) is 0 Å². The molecule has 156 valence electrons. The molecule has 1 aromatic heterocycles. The third-order valence-corrected chi connectivity index (χ3v) is 5.35. The SMILES string of the molecule is COc1ccc(-c2cc(-c3ccc(Cl)cc3)nc(/N=C3\C(=O)Nc4ccccc43)n2)cc1. The molecule has 6 nitrogen and oxygen atoms in total. The number of nitrogens with one attached hydrogen (secondary N) is 1. The van der Waals surface area contributed by atoms with Gasteiger partial charge in [-0.05, 0) is 48.5 Å². The van der Waals surface area contributed by atoms with Crippen LogP contribution >= 0.6 is 11.6 Å². The Morgan fingerprint density at radius 2 is 1.50 bits per heavy atom. The number of benzene rings is 3. The summed E-state index contributed by atoms with van der Waals surface area (Å²) in [6.45, 7) is 0. The van der Waals surface area contributed by atoms with Gasteiger partial charge in [0, 0.05) is 21.7 Å². The largest absolute Gasteiger partial charge is 0.497 e. The van der Waals surface area contributed by atoms with Gasteiger partial charge >= 0.3 is 0 Å². The van der Waals surface area contributed by atoms with E-state index in [1.807, 2.05) is 66.7 Å². The number of carbonyl (C=O) groups is 1. The first-order valence-corrected chi connectivity index (χ1v) is 10.3. The van der Waals surface area contributed by atoms with Crippen molar-refractivity contribution in [2.45, 2.75) is 0 Å². The van der Waals surface area contributed by atoms with Crippen LogP contribution in [0.25, 0.3) is 22.5 Å². The molecular weight excluding hydrogens is 424 g/mol. The molecule has 7 heteroatoms. The molecule has 0 saturated carbocycles. The molecule has 0 radical (unpaired) electrons. The van der Waals surface area contributed by atoms with E-state index < -0.39 is 0 Å². The molecule has 0 aliphatic carbocycles. The van der Waals surface area contributed by atoms with Gasteiger partial charge in [-0.1, -0.05) is 41.9 Å². The zero-order chi connectivity index (χ0) is 22.1. The Labute approximate surface area is 189 Å². The molecule has 0 atom stereocenters. The van der Waals surface area contributed by atoms with Gasteiger partial charge in [0.15, 0.2) is 0 Å². The standard InChI is InChI=1S/C25H17ClN4O2/c1-32-18-12-8-16(9-13-18)22-14-21(15-6-10-17(26)11-7-15)28-25(29-22)30-23-19-4-2-3-5-20(19)27-24(23)31/h2-14H,1H3,(H,27,28,29,30,31). The van der Waals surface area contributed by atoms with E-state index in [4.69, 9.17) is 16.3 Å². The number of amides is 1. The number of ether oxygens (including phenoxy) is 1. The van der Waals surface area contributed by atoms with Gasteiger partial charge in [0.05, 0.1) is 24.2 Å². The lowest BCUT2D eigenvalue weighted by Gasteiger charge is -2.08. The average molecular weight is 441 g/mol. The number of hydrogen-bond donors (Lipinski definition) is 1. The van der Waals surface area contributed by atoms with E-state index >= 15 is 0 Å². The van der Waals surface area contributed by atoms with Gasteiger partial charge in [0.2, 0.25) is 0 Å². The average Bonchev–Trinajstić information content (AvgIpc) is 3.14. The summed E-state index contributed by atoms with van der Waals surface area (Å²) >= 11 is 6.05. The van der Waals surface area contributed by atoms with Crippen molar-refractivity contribution < 1.29 is 9.53 Å². The number of fused-ring (bicyclic) bond motifs is 1. The second-order valence-corrected chi connectivity index (χ2v) is 7.57. The highest BCUT2D eigenvalue weighted by atomic mass is 35.5. The topological polar surface area (TPSA) is 76.5 Å². The maximum absolute atomic E-state index is 12.5. The second-order valence-electron chi connectivity index (χ2n) is 7.13. The summed E-state index contributed by atoms with van der Waals surface area (Å²) in [5.74, 6) is 0.670. The number of para-hydroxylation sites is 1. The van der Waals surface area contributed by atoms with Crippen molar-refractivity contribution in [1.29, 1.82) is 0 Å². The van der Waals surface area contributed by atoms with Crippen LogP contribution in [0.2, 0.25) is 5.02 Å². The minimum Gasteiger partial charge on any atom is -0.497 e. The number of carbonyl (C=O) groups excluding carboxylic acids is 1. The molecule has 2 heterocycles. The third kappa shape index (κ3) is 3.84. The number of aromatic nitrogens is 2. The third-order valence-electron chi connectivity index (χ3n) is 5.10. The number of nitrogens with zero attached hydrogens (tertiary/aromatic N) is 3. The van der Waals surface area contributed by atoms with Gasteiger partial charge in [0.1, 0.15) is 11.5 Å². The fourth-order valence-electron chi connectivity index (χ4n) is 3.48. The first kappa shape index (κ1) is 19.9. The molecule has 0 bridgehead atoms. The molecule has 0 saturated heterocycles. The molecule has 1 aliphatic rings. The molecule has 0 fully saturated rings. The summed E-state index contributed by atoms with van der Waals surface area (Å²) < 4.78 is 5.26. The van der Waals surface area contributed by atoms with E-state index in [-0.39, 0.29) is 17.6 Å². The Hall–Kier alpha value is -4.03. The number of rotatable bonds is 4. The maximum atomic E-state index is 12.5. The number of methoxy groups -OCH3 is 1. The summed E-state index contributed by atoms with van der Waals surface area (Å²) in [4.78, 5) is 26.3. The highest BCUT2D eigenvalue weighted by molar-refractivity contribution is 6.54. The minimum absolute atomic E-state index is 0.199. The Bertz CT molecular complexity index is 1350. The molecule has 0 unspecified atom stereocenters. The molecule has 3 aromatic carbocycles. The zero-order valence-corrected chi connectivity index (χ0v) is 17.8. The Kier molecular flexibility index (Phi) is 5.13. The normalized spacial score (nSPS) is 13.7. The van der Waals surface area contributed by atoms with E-state index in [9.17, 15) is 4.79 Å². The van der Waals surface area contributed by atoms with Crippen molar-refractivity contribution >= 4 is 34.9 Å². The van der Waals surface area contributed by atoms with E-state index in [0.717, 1.165) is 28.1 Å². The van der Waals surface area contributed by atoms with Gasteiger partial charge in [-0.3, -0.25) is 4.79 Å². The monoisotopic (exact) mass is 440 g/mol. The van der Waals surface area contributed by atoms with Crippen molar-refractivity contribution in [3.05, 3.63) is 89.4 Å². The smallest absolute Gasteiger partial charge is 0.275 e. The summed E-state index contributed by atoms with van der Waals surface area (Å²) in [5, 5.41) is 3.46. The highest BCUT2D eigenvalue weighted by Gasteiger charge is 2.26. The van der Waals surface area contributed by atoms with E-state index in [0.29, 0.717) is 16.4 Å². The summed E-state index contributed by atoms with van der Waals surface area (Å²) in [5.41, 5.74) is 4.83. The molecule has 1 aliphatic heterocycles. The fraction of sp³-hybridized carbons (Fsp3) is 0.0400. The van der Waals surface area contributed by atoms with Gasteiger partial charge in [-0.25, -0.2) is 15.0 Å². The maximum Gasteiger partial charge on any atom is 0.275 e. The quantitative estimate of drug-likeness (QED) is 0.451. The van der Waals surface area contributed by atoms with Crippen LogP contribution in [0.4, 0.5) is 11.6 Å². The Balaban J connectivity index is 1.65. The first-order chi connectivity index (χ1) is 15.6. The van der Waals surface area contributed by atoms with Crippen LogP contribution in [0, 0.1) is 0 Å². The van der Waals surface area contributed by atoms with Gasteiger partial charge in [-0.15, -0.1) is 0 Å². The number of hydrogen-bond acceptors (Lipinski definition) is 5. The van der Waals surface area contributed by atoms with E-state index in [1.54, 1.807) is 19.2 Å². The van der Waals surface area contributed by atoms with Crippen LogP contribution in [0.5, 0.6) is 5.75 Å². The van der Waals surface area contributed by atoms with Crippen molar-refractivity contribution in [3.8, 4) is 28.3 Å². The van der Waals surface area contributed by atoms with Crippen LogP contribution in [-0.2, 0) is 4.79 Å². The molecule has 0 spiro atoms. The van der Waals surface area contributed by atoms with Crippen molar-refractivity contribution in [1.82, 2.24) is 9.97 Å². The summed E-state index contributed by atoms with van der Waals surface area (Å²) in [6, 6.07) is 24.2. The zero-order valence-electron chi connectivity index (χ0n) is 17.0. The summed E-state index contributed by atoms with van der Waals surface area (Å²) in [7, 11) is 1.62. The molecule has 4 aromatic rings. The number of halogens is 1. The highest BCUT2D eigenvalue weighted by Crippen LogP contribution is 2.30. The molecule has 1 N–H and O–H groups in total. The molecule has 5 rings (SSSR count). The van der Waals surface area contributed by atoms with E-state index in [1.165, 1.54) is 0 Å². The fourth-order valence-corrected chi connectivity index (χ4v) is 3.60. The van der Waals surface area contributed by atoms with E-state index in [2.05, 4.69) is 20.3 Å². The van der Waals surface area contributed by atoms with Gasteiger partial charge in [-0.2, -0.15) is 0 Å². The van der Waals surface area contributed by atoms with Crippen LogP contribution in [-0.4, -0.2) is 28.7 Å². The lowest BCUT2D eigenvalue weighted by Crippen LogP contribution is -2.14. The van der Waals surface area contributed by atoms with Gasteiger partial charge in [0.25, 0.3) is 11.9 Å². The lowest BCUT2D eigenvalue weighted by molar-refractivity contribution is -0.110. The number of aliphatic imine (C=N–C) groups is 1. The summed E-state index contributed by atoms with van der Waals surface area (Å²) in [6.07, 6.45) is 0.